The number of urea groups is 1. The summed E-state index contributed by atoms with van der Waals surface area (Å²) in [5, 5.41) is 5.17. The Balaban J connectivity index is 2.03. The van der Waals surface area contributed by atoms with Gasteiger partial charge in [-0.05, 0) is 28.7 Å². The van der Waals surface area contributed by atoms with Gasteiger partial charge in [-0.3, -0.25) is 0 Å². The van der Waals surface area contributed by atoms with Crippen LogP contribution in [-0.2, 0) is 24.8 Å². The van der Waals surface area contributed by atoms with Crippen molar-refractivity contribution in [2.24, 2.45) is 0 Å². The number of rotatable bonds is 5. The van der Waals surface area contributed by atoms with Crippen LogP contribution in [0.5, 0.6) is 0 Å². The van der Waals surface area contributed by atoms with Gasteiger partial charge in [0.25, 0.3) is 0 Å². The number of nitrogens with one attached hydrogen (secondary N) is 2. The van der Waals surface area contributed by atoms with Gasteiger partial charge < -0.3 is 15.4 Å². The van der Waals surface area contributed by atoms with Gasteiger partial charge in [0, 0.05) is 5.70 Å². The van der Waals surface area contributed by atoms with Crippen LogP contribution < -0.4 is 10.6 Å². The minimum atomic E-state index is -3.83. The van der Waals surface area contributed by atoms with Crippen molar-refractivity contribution >= 4 is 21.8 Å². The number of hydrogen-bond acceptors (Lipinski definition) is 5. The Hall–Kier alpha value is -3.13. The molecule has 0 spiro atoms. The van der Waals surface area contributed by atoms with Gasteiger partial charge in [0.15, 0.2) is 9.84 Å². The number of ether oxygens (including phenoxy) is 1. The average Bonchev–Trinajstić information content (AvgIpc) is 2.72. The highest BCUT2D eigenvalue weighted by Crippen LogP contribution is 2.29. The van der Waals surface area contributed by atoms with Crippen LogP contribution in [0, 0.1) is 0 Å². The minimum Gasteiger partial charge on any atom is -0.466 e. The van der Waals surface area contributed by atoms with Crippen LogP contribution in [0.25, 0.3) is 0 Å². The summed E-state index contributed by atoms with van der Waals surface area (Å²) in [6.45, 7) is 6.12. The van der Waals surface area contributed by atoms with E-state index in [2.05, 4.69) is 10.6 Å². The first kappa shape index (κ1) is 22.6. The first-order valence-corrected chi connectivity index (χ1v) is 11.5. The Morgan fingerprint density at radius 1 is 1.03 bits per heavy atom. The van der Waals surface area contributed by atoms with E-state index in [-0.39, 0.29) is 21.6 Å². The van der Waals surface area contributed by atoms with Gasteiger partial charge in [0.05, 0.1) is 29.4 Å². The van der Waals surface area contributed by atoms with Crippen molar-refractivity contribution in [3.05, 3.63) is 77.0 Å². The molecular weight excluding hydrogens is 416 g/mol. The molecule has 2 N–H and O–H groups in total. The van der Waals surface area contributed by atoms with E-state index in [4.69, 9.17) is 4.74 Å². The molecule has 1 aliphatic rings. The van der Waals surface area contributed by atoms with Crippen molar-refractivity contribution in [2.75, 3.05) is 12.9 Å². The van der Waals surface area contributed by atoms with Crippen molar-refractivity contribution in [1.29, 1.82) is 0 Å². The number of benzene rings is 2. The highest BCUT2D eigenvalue weighted by molar-refractivity contribution is 7.91. The van der Waals surface area contributed by atoms with Crippen molar-refractivity contribution in [3.8, 4) is 0 Å². The van der Waals surface area contributed by atoms with E-state index < -0.39 is 33.6 Å². The van der Waals surface area contributed by atoms with Gasteiger partial charge in [-0.25, -0.2) is 18.0 Å². The predicted molar refractivity (Wildman–Crippen MR) is 117 cm³/mol. The summed E-state index contributed by atoms with van der Waals surface area (Å²) in [6, 6.07) is 14.1. The molecule has 31 heavy (non-hydrogen) atoms. The lowest BCUT2D eigenvalue weighted by Gasteiger charge is -2.29. The van der Waals surface area contributed by atoms with E-state index in [9.17, 15) is 18.0 Å². The monoisotopic (exact) mass is 442 g/mol. The number of esters is 1. The second-order valence-corrected chi connectivity index (χ2v) is 10.3. The van der Waals surface area contributed by atoms with Crippen molar-refractivity contribution in [3.63, 3.8) is 0 Å². The van der Waals surface area contributed by atoms with Gasteiger partial charge in [-0.2, -0.15) is 0 Å². The molecule has 0 aromatic heterocycles. The molecule has 2 aromatic rings. The number of methoxy groups -OCH3 is 1. The van der Waals surface area contributed by atoms with E-state index in [0.29, 0.717) is 5.56 Å². The van der Waals surface area contributed by atoms with Crippen LogP contribution in [0.4, 0.5) is 4.79 Å². The molecule has 8 heteroatoms. The summed E-state index contributed by atoms with van der Waals surface area (Å²) in [6.07, 6.45) is 0. The zero-order chi connectivity index (χ0) is 22.8. The lowest BCUT2D eigenvalue weighted by Crippen LogP contribution is -2.47. The Kier molecular flexibility index (Phi) is 6.22. The fourth-order valence-electron chi connectivity index (χ4n) is 3.41. The first-order valence-electron chi connectivity index (χ1n) is 9.80. The molecular formula is C23H26N2O5S. The quantitative estimate of drug-likeness (QED) is 0.692. The normalized spacial score (nSPS) is 17.0. The molecule has 0 saturated carbocycles. The van der Waals surface area contributed by atoms with E-state index in [1.165, 1.54) is 7.11 Å². The molecule has 0 radical (unpaired) electrons. The van der Waals surface area contributed by atoms with Crippen LogP contribution in [0.3, 0.4) is 0 Å². The SMILES string of the molecule is COC(=O)C1=C(CS(=O)(=O)c2ccc(C(C)(C)C)cc2)NC(=O)NC1c1ccccc1. The van der Waals surface area contributed by atoms with Crippen LogP contribution in [-0.4, -0.2) is 33.3 Å². The highest BCUT2D eigenvalue weighted by atomic mass is 32.2. The van der Waals surface area contributed by atoms with Crippen molar-refractivity contribution in [2.45, 2.75) is 37.1 Å². The second-order valence-electron chi connectivity index (χ2n) is 8.36. The lowest BCUT2D eigenvalue weighted by molar-refractivity contribution is -0.136. The van der Waals surface area contributed by atoms with Gasteiger partial charge in [-0.15, -0.1) is 0 Å². The third-order valence-corrected chi connectivity index (χ3v) is 6.76. The highest BCUT2D eigenvalue weighted by Gasteiger charge is 2.35. The third kappa shape index (κ3) is 4.96. The maximum Gasteiger partial charge on any atom is 0.338 e. The maximum absolute atomic E-state index is 13.1. The summed E-state index contributed by atoms with van der Waals surface area (Å²) in [5.74, 6) is -1.25. The van der Waals surface area contributed by atoms with Crippen LogP contribution in [0.15, 0.2) is 70.8 Å². The Morgan fingerprint density at radius 3 is 2.19 bits per heavy atom. The molecule has 1 unspecified atom stereocenters. The molecule has 1 heterocycles. The molecule has 0 bridgehead atoms. The zero-order valence-corrected chi connectivity index (χ0v) is 18.7. The van der Waals surface area contributed by atoms with E-state index in [1.807, 2.05) is 20.8 Å². The summed E-state index contributed by atoms with van der Waals surface area (Å²) in [4.78, 5) is 25.0. The van der Waals surface area contributed by atoms with Crippen molar-refractivity contribution in [1.82, 2.24) is 10.6 Å². The smallest absolute Gasteiger partial charge is 0.338 e. The molecule has 0 fully saturated rings. The summed E-state index contributed by atoms with van der Waals surface area (Å²) in [7, 11) is -2.62. The number of hydrogen-bond donors (Lipinski definition) is 2. The molecule has 0 saturated heterocycles. The number of carbonyl (C=O) groups excluding carboxylic acids is 2. The largest absolute Gasteiger partial charge is 0.466 e. The first-order chi connectivity index (χ1) is 14.5. The van der Waals surface area contributed by atoms with Gasteiger partial charge >= 0.3 is 12.0 Å². The topological polar surface area (TPSA) is 102 Å². The van der Waals surface area contributed by atoms with Crippen molar-refractivity contribution < 1.29 is 22.7 Å². The van der Waals surface area contributed by atoms with Gasteiger partial charge in [0.1, 0.15) is 0 Å². The fraction of sp³-hybridized carbons (Fsp3) is 0.304. The summed E-state index contributed by atoms with van der Waals surface area (Å²) in [5.41, 5.74) is 1.59. The van der Waals surface area contributed by atoms with E-state index in [0.717, 1.165) is 5.56 Å². The van der Waals surface area contributed by atoms with Gasteiger partial charge in [0.2, 0.25) is 0 Å². The summed E-state index contributed by atoms with van der Waals surface area (Å²) < 4.78 is 31.1. The van der Waals surface area contributed by atoms with Gasteiger partial charge in [-0.1, -0.05) is 63.2 Å². The number of carbonyl (C=O) groups is 2. The molecule has 0 aliphatic carbocycles. The molecule has 3 rings (SSSR count). The molecule has 2 amide bonds. The molecule has 164 valence electrons. The van der Waals surface area contributed by atoms with Crippen LogP contribution in [0.2, 0.25) is 0 Å². The predicted octanol–water partition coefficient (Wildman–Crippen LogP) is 3.24. The number of amides is 2. The third-order valence-electron chi connectivity index (χ3n) is 5.11. The minimum absolute atomic E-state index is 0.00403. The molecule has 1 atom stereocenters. The number of sulfone groups is 1. The standard InChI is InChI=1S/C23H26N2O5S/c1-23(2,3)16-10-12-17(13-11-16)31(28,29)14-18-19(21(26)30-4)20(25-22(27)24-18)15-8-6-5-7-9-15/h5-13,20H,14H2,1-4H3,(H2,24,25,27). The summed E-state index contributed by atoms with van der Waals surface area (Å²) >= 11 is 0. The second kappa shape index (κ2) is 8.55. The van der Waals surface area contributed by atoms with Crippen LogP contribution >= 0.6 is 0 Å². The maximum atomic E-state index is 13.1. The Labute approximate surface area is 182 Å². The Morgan fingerprint density at radius 2 is 1.65 bits per heavy atom. The van der Waals surface area contributed by atoms with E-state index in [1.54, 1.807) is 54.6 Å². The zero-order valence-electron chi connectivity index (χ0n) is 17.9. The molecule has 1 aliphatic heterocycles. The lowest BCUT2D eigenvalue weighted by atomic mass is 9.87. The van der Waals surface area contributed by atoms with Crippen LogP contribution in [0.1, 0.15) is 37.9 Å². The Bertz CT molecular complexity index is 1110. The average molecular weight is 443 g/mol. The molecule has 7 nitrogen and oxygen atoms in total. The van der Waals surface area contributed by atoms with E-state index >= 15 is 0 Å². The fourth-order valence-corrected chi connectivity index (χ4v) is 4.74. The molecule has 2 aromatic carbocycles.